The van der Waals surface area contributed by atoms with E-state index in [2.05, 4.69) is 9.72 Å². The van der Waals surface area contributed by atoms with Crippen LogP contribution in [0.25, 0.3) is 11.4 Å². The highest BCUT2D eigenvalue weighted by molar-refractivity contribution is 5.90. The zero-order chi connectivity index (χ0) is 16.1. The Balaban J connectivity index is 2.12. The Labute approximate surface area is 124 Å². The number of hydrogen-bond acceptors (Lipinski definition) is 3. The van der Waals surface area contributed by atoms with E-state index in [1.54, 1.807) is 12.1 Å². The third kappa shape index (κ3) is 2.26. The van der Waals surface area contributed by atoms with E-state index in [4.69, 9.17) is 0 Å². The smallest absolute Gasteiger partial charge is 0.434 e. The van der Waals surface area contributed by atoms with Crippen LogP contribution >= 0.6 is 0 Å². The first-order valence-corrected chi connectivity index (χ1v) is 6.69. The van der Waals surface area contributed by atoms with Crippen molar-refractivity contribution in [2.24, 2.45) is 0 Å². The summed E-state index contributed by atoms with van der Waals surface area (Å²) in [5.74, 6) is -0.196. The number of nitrogens with zero attached hydrogens (tertiary/aromatic N) is 2. The highest BCUT2D eigenvalue weighted by Crippen LogP contribution is 2.38. The third-order valence-electron chi connectivity index (χ3n) is 3.78. The third-order valence-corrected chi connectivity index (χ3v) is 3.78. The maximum Gasteiger partial charge on any atom is 0.434 e. The lowest BCUT2D eigenvalue weighted by atomic mass is 9.94. The van der Waals surface area contributed by atoms with Gasteiger partial charge in [0.15, 0.2) is 5.69 Å². The zero-order valence-electron chi connectivity index (χ0n) is 11.9. The molecule has 1 aliphatic heterocycles. The van der Waals surface area contributed by atoms with Crippen molar-refractivity contribution < 1.29 is 22.7 Å². The van der Waals surface area contributed by atoms with Gasteiger partial charge in [-0.25, -0.2) is 9.78 Å². The fourth-order valence-corrected chi connectivity index (χ4v) is 2.71. The average Bonchev–Trinajstić information content (AvgIpc) is 2.92. The summed E-state index contributed by atoms with van der Waals surface area (Å²) in [5, 5.41) is 0. The van der Waals surface area contributed by atoms with Gasteiger partial charge < -0.3 is 9.30 Å². The highest BCUT2D eigenvalue weighted by atomic mass is 19.4. The van der Waals surface area contributed by atoms with Gasteiger partial charge >= 0.3 is 12.1 Å². The van der Waals surface area contributed by atoms with E-state index < -0.39 is 17.8 Å². The van der Waals surface area contributed by atoms with Crippen LogP contribution in [0.1, 0.15) is 34.6 Å². The fraction of sp³-hybridized carbons (Fsp3) is 0.333. The van der Waals surface area contributed by atoms with E-state index in [1.165, 1.54) is 17.7 Å². The number of carbonyl (C=O) groups excluding carboxylic acids is 1. The first-order chi connectivity index (χ1) is 10.3. The minimum Gasteiger partial charge on any atom is -0.465 e. The van der Waals surface area contributed by atoms with Gasteiger partial charge in [0, 0.05) is 17.8 Å². The van der Waals surface area contributed by atoms with Crippen molar-refractivity contribution in [2.45, 2.75) is 25.6 Å². The maximum atomic E-state index is 12.9. The average molecular weight is 310 g/mol. The molecule has 22 heavy (non-hydrogen) atoms. The van der Waals surface area contributed by atoms with Gasteiger partial charge in [-0.3, -0.25) is 0 Å². The molecule has 0 saturated heterocycles. The van der Waals surface area contributed by atoms with Crippen LogP contribution in [-0.4, -0.2) is 22.6 Å². The van der Waals surface area contributed by atoms with Gasteiger partial charge in [-0.1, -0.05) is 6.07 Å². The molecule has 3 rings (SSSR count). The Morgan fingerprint density at radius 3 is 2.77 bits per heavy atom. The van der Waals surface area contributed by atoms with Crippen LogP contribution in [0.15, 0.2) is 24.4 Å². The van der Waals surface area contributed by atoms with E-state index in [0.717, 1.165) is 11.8 Å². The van der Waals surface area contributed by atoms with Crippen LogP contribution < -0.4 is 0 Å². The normalized spacial score (nSPS) is 16.9. The monoisotopic (exact) mass is 310 g/mol. The van der Waals surface area contributed by atoms with Gasteiger partial charge in [0.1, 0.15) is 5.82 Å². The summed E-state index contributed by atoms with van der Waals surface area (Å²) in [5.41, 5.74) is 0.882. The number of esters is 1. The molecule has 7 heteroatoms. The molecule has 116 valence electrons. The number of imidazole rings is 1. The topological polar surface area (TPSA) is 44.1 Å². The minimum atomic E-state index is -4.48. The van der Waals surface area contributed by atoms with Crippen LogP contribution in [-0.2, 0) is 17.3 Å². The van der Waals surface area contributed by atoms with E-state index >= 15 is 0 Å². The molecule has 0 amide bonds. The molecule has 0 N–H and O–H groups in total. The summed E-state index contributed by atoms with van der Waals surface area (Å²) < 4.78 is 44.8. The molecule has 0 radical (unpaired) electrons. The molecule has 1 aromatic carbocycles. The van der Waals surface area contributed by atoms with Crippen LogP contribution in [0.5, 0.6) is 0 Å². The molecule has 1 aromatic heterocycles. The summed E-state index contributed by atoms with van der Waals surface area (Å²) in [7, 11) is 1.28. The Hall–Kier alpha value is -2.31. The predicted octanol–water partition coefficient (Wildman–Crippen LogP) is 3.47. The van der Waals surface area contributed by atoms with Crippen molar-refractivity contribution >= 4 is 5.97 Å². The molecule has 1 aliphatic rings. The molecular formula is C15H13F3N2O2. The summed E-state index contributed by atoms with van der Waals surface area (Å²) >= 11 is 0. The zero-order valence-corrected chi connectivity index (χ0v) is 11.9. The first kappa shape index (κ1) is 14.6. The minimum absolute atomic E-state index is 0.168. The molecule has 0 aliphatic carbocycles. The van der Waals surface area contributed by atoms with E-state index in [0.29, 0.717) is 17.5 Å². The fourth-order valence-electron chi connectivity index (χ4n) is 2.71. The van der Waals surface area contributed by atoms with Gasteiger partial charge in [0.2, 0.25) is 0 Å². The Bertz CT molecular complexity index is 750. The predicted molar refractivity (Wildman–Crippen MR) is 72.4 cm³/mol. The van der Waals surface area contributed by atoms with Crippen molar-refractivity contribution in [3.63, 3.8) is 0 Å². The maximum absolute atomic E-state index is 12.9. The molecule has 0 spiro atoms. The number of benzene rings is 1. The van der Waals surface area contributed by atoms with Crippen molar-refractivity contribution in [3.8, 4) is 11.4 Å². The summed E-state index contributed by atoms with van der Waals surface area (Å²) in [6.45, 7) is 1.82. The molecule has 0 bridgehead atoms. The lowest BCUT2D eigenvalue weighted by molar-refractivity contribution is -0.140. The van der Waals surface area contributed by atoms with Crippen LogP contribution in [0, 0.1) is 0 Å². The number of hydrogen-bond donors (Lipinski definition) is 0. The number of rotatable bonds is 1. The molecule has 0 saturated carbocycles. The largest absolute Gasteiger partial charge is 0.465 e. The van der Waals surface area contributed by atoms with Crippen LogP contribution in [0.2, 0.25) is 0 Å². The summed E-state index contributed by atoms with van der Waals surface area (Å²) in [4.78, 5) is 15.3. The molecule has 1 atom stereocenters. The molecule has 2 aromatic rings. The van der Waals surface area contributed by atoms with Crippen molar-refractivity contribution in [1.29, 1.82) is 0 Å². The Kier molecular flexibility index (Phi) is 3.23. The van der Waals surface area contributed by atoms with Crippen molar-refractivity contribution in [2.75, 3.05) is 7.11 Å². The second-order valence-corrected chi connectivity index (χ2v) is 5.27. The number of aromatic nitrogens is 2. The number of ether oxygens (including phenoxy) is 1. The number of carbonyl (C=O) groups is 1. The standard InChI is InChI=1S/C15H13F3N2O2/c1-8-5-10-6-9(14(21)22-2)3-4-11(10)13-19-12(7-20(8)13)15(16,17)18/h3-4,6-8H,5H2,1-2H3. The van der Waals surface area contributed by atoms with E-state index in [9.17, 15) is 18.0 Å². The van der Waals surface area contributed by atoms with Crippen molar-refractivity contribution in [3.05, 3.63) is 41.2 Å². The Morgan fingerprint density at radius 2 is 2.14 bits per heavy atom. The Morgan fingerprint density at radius 1 is 1.41 bits per heavy atom. The molecule has 2 heterocycles. The van der Waals surface area contributed by atoms with Crippen molar-refractivity contribution in [1.82, 2.24) is 9.55 Å². The molecule has 0 fully saturated rings. The summed E-state index contributed by atoms with van der Waals surface area (Å²) in [6, 6.07) is 4.64. The van der Waals surface area contributed by atoms with Gasteiger partial charge in [-0.2, -0.15) is 13.2 Å². The highest BCUT2D eigenvalue weighted by Gasteiger charge is 2.36. The van der Waals surface area contributed by atoms with Gasteiger partial charge in [0.25, 0.3) is 0 Å². The number of alkyl halides is 3. The number of halogens is 3. The second-order valence-electron chi connectivity index (χ2n) is 5.27. The van der Waals surface area contributed by atoms with E-state index in [-0.39, 0.29) is 11.9 Å². The van der Waals surface area contributed by atoms with Crippen LogP contribution in [0.4, 0.5) is 13.2 Å². The van der Waals surface area contributed by atoms with Crippen LogP contribution in [0.3, 0.4) is 0 Å². The molecule has 4 nitrogen and oxygen atoms in total. The molecule has 1 unspecified atom stereocenters. The van der Waals surface area contributed by atoms with Gasteiger partial charge in [0.05, 0.1) is 12.7 Å². The first-order valence-electron chi connectivity index (χ1n) is 6.69. The molecular weight excluding hydrogens is 297 g/mol. The summed E-state index contributed by atoms with van der Waals surface area (Å²) in [6.07, 6.45) is -2.91. The SMILES string of the molecule is COC(=O)c1ccc2c(c1)CC(C)n1cc(C(F)(F)F)nc1-2. The van der Waals surface area contributed by atoms with Gasteiger partial charge in [-0.05, 0) is 31.0 Å². The lowest BCUT2D eigenvalue weighted by Crippen LogP contribution is -2.16. The second kappa shape index (κ2) is 4.86. The lowest BCUT2D eigenvalue weighted by Gasteiger charge is -2.24. The van der Waals surface area contributed by atoms with E-state index in [1.807, 2.05) is 6.92 Å². The number of fused-ring (bicyclic) bond motifs is 3. The quantitative estimate of drug-likeness (QED) is 0.758. The van der Waals surface area contributed by atoms with Gasteiger partial charge in [-0.15, -0.1) is 0 Å². The number of methoxy groups -OCH3 is 1.